The molecule has 0 aromatic heterocycles. The maximum atomic E-state index is 13.9. The molecule has 2 N–H and O–H groups in total. The Labute approximate surface area is 136 Å². The molecule has 126 valence electrons. The second-order valence-corrected chi connectivity index (χ2v) is 7.79. The molecule has 1 saturated carbocycles. The number of carbonyl (C=O) groups is 1. The Hall–Kier alpha value is -1.62. The lowest BCUT2D eigenvalue weighted by atomic mass is 9.76. The number of nitrogens with two attached hydrogens (primary N) is 1. The third kappa shape index (κ3) is 3.50. The van der Waals surface area contributed by atoms with Crippen LogP contribution in [0.15, 0.2) is 18.2 Å². The lowest BCUT2D eigenvalue weighted by Gasteiger charge is -2.50. The van der Waals surface area contributed by atoms with Crippen molar-refractivity contribution in [1.82, 2.24) is 4.90 Å². The Bertz CT molecular complexity index is 600. The minimum atomic E-state index is -0.420. The predicted octanol–water partition coefficient (Wildman–Crippen LogP) is 2.93. The molecule has 5 heteroatoms. The van der Waals surface area contributed by atoms with E-state index in [9.17, 15) is 9.18 Å². The molecular weight excluding hydrogens is 295 g/mol. The summed E-state index contributed by atoms with van der Waals surface area (Å²) in [7, 11) is 0. The number of carbonyl (C=O) groups excluding carboxylic acids is 1. The average molecular weight is 320 g/mol. The molecule has 1 aromatic rings. The zero-order valence-corrected chi connectivity index (χ0v) is 14.0. The molecule has 0 bridgehead atoms. The summed E-state index contributed by atoms with van der Waals surface area (Å²) < 4.78 is 19.3. The van der Waals surface area contributed by atoms with Gasteiger partial charge in [0.15, 0.2) is 0 Å². The quantitative estimate of drug-likeness (QED) is 0.687. The van der Waals surface area contributed by atoms with Gasteiger partial charge in [0.1, 0.15) is 11.4 Å². The molecule has 0 unspecified atom stereocenters. The summed E-state index contributed by atoms with van der Waals surface area (Å²) in [5.74, 6) is -0.0481. The van der Waals surface area contributed by atoms with Crippen LogP contribution < -0.4 is 5.73 Å². The number of halogens is 1. The zero-order chi connectivity index (χ0) is 16.8. The highest BCUT2D eigenvalue weighted by molar-refractivity contribution is 5.74. The van der Waals surface area contributed by atoms with E-state index in [0.29, 0.717) is 11.7 Å². The number of likely N-dealkylation sites (tertiary alicyclic amines) is 1. The molecular formula is C18H25FN2O2. The fraction of sp³-hybridized carbons (Fsp3) is 0.611. The molecule has 1 aromatic carbocycles. The van der Waals surface area contributed by atoms with Gasteiger partial charge in [0, 0.05) is 30.7 Å². The number of rotatable bonds is 3. The third-order valence-corrected chi connectivity index (χ3v) is 4.74. The molecule has 1 saturated heterocycles. The van der Waals surface area contributed by atoms with Gasteiger partial charge >= 0.3 is 5.97 Å². The van der Waals surface area contributed by atoms with Crippen LogP contribution in [-0.2, 0) is 9.53 Å². The van der Waals surface area contributed by atoms with Crippen LogP contribution in [0.5, 0.6) is 0 Å². The second-order valence-electron chi connectivity index (χ2n) is 7.79. The van der Waals surface area contributed by atoms with E-state index < -0.39 is 5.60 Å². The van der Waals surface area contributed by atoms with Crippen molar-refractivity contribution in [3.05, 3.63) is 29.6 Å². The Morgan fingerprint density at radius 3 is 2.52 bits per heavy atom. The van der Waals surface area contributed by atoms with Crippen molar-refractivity contribution >= 4 is 11.7 Å². The van der Waals surface area contributed by atoms with E-state index >= 15 is 0 Å². The van der Waals surface area contributed by atoms with E-state index in [0.717, 1.165) is 31.5 Å². The van der Waals surface area contributed by atoms with E-state index in [1.807, 2.05) is 20.8 Å². The van der Waals surface area contributed by atoms with Gasteiger partial charge in [0.2, 0.25) is 0 Å². The molecule has 2 fully saturated rings. The van der Waals surface area contributed by atoms with Crippen LogP contribution >= 0.6 is 0 Å². The summed E-state index contributed by atoms with van der Waals surface area (Å²) in [5.41, 5.74) is 6.37. The highest BCUT2D eigenvalue weighted by atomic mass is 19.1. The predicted molar refractivity (Wildman–Crippen MR) is 87.5 cm³/mol. The summed E-state index contributed by atoms with van der Waals surface area (Å²) in [5, 5.41) is 0. The first-order valence-electron chi connectivity index (χ1n) is 8.25. The maximum absolute atomic E-state index is 13.9. The molecule has 4 nitrogen and oxygen atoms in total. The van der Waals surface area contributed by atoms with Crippen molar-refractivity contribution in [2.45, 2.75) is 51.2 Å². The van der Waals surface area contributed by atoms with Gasteiger partial charge in [-0.2, -0.15) is 0 Å². The Morgan fingerprint density at radius 1 is 1.30 bits per heavy atom. The van der Waals surface area contributed by atoms with Crippen LogP contribution in [0.3, 0.4) is 0 Å². The highest BCUT2D eigenvalue weighted by Crippen LogP contribution is 2.40. The van der Waals surface area contributed by atoms with Gasteiger partial charge in [0.05, 0.1) is 5.92 Å². The van der Waals surface area contributed by atoms with Crippen LogP contribution in [0.2, 0.25) is 0 Å². The highest BCUT2D eigenvalue weighted by Gasteiger charge is 2.44. The normalized spacial score (nSPS) is 25.6. The van der Waals surface area contributed by atoms with Gasteiger partial charge in [-0.15, -0.1) is 0 Å². The largest absolute Gasteiger partial charge is 0.460 e. The molecule has 23 heavy (non-hydrogen) atoms. The van der Waals surface area contributed by atoms with Gasteiger partial charge in [-0.05, 0) is 51.3 Å². The number of esters is 1. The molecule has 1 aliphatic heterocycles. The number of ether oxygens (including phenoxy) is 1. The Balaban J connectivity index is 1.46. The lowest BCUT2D eigenvalue weighted by Crippen LogP contribution is -2.56. The van der Waals surface area contributed by atoms with Gasteiger partial charge < -0.3 is 10.5 Å². The standard InChI is InChI=1S/C18H25FN2O2/c1-18(2,3)23-17(22)11-6-14(7-11)21-9-12(10-21)15-5-4-13(20)8-16(15)19/h4-5,8,11-12,14H,6-7,9-10,20H2,1-3H3/t11-,14+. The van der Waals surface area contributed by atoms with E-state index in [2.05, 4.69) is 4.90 Å². The summed E-state index contributed by atoms with van der Waals surface area (Å²) in [4.78, 5) is 14.3. The fourth-order valence-corrected chi connectivity index (χ4v) is 3.35. The van der Waals surface area contributed by atoms with Gasteiger partial charge in [-0.3, -0.25) is 9.69 Å². The molecule has 0 spiro atoms. The second kappa shape index (κ2) is 5.78. The Kier molecular flexibility index (Phi) is 4.08. The van der Waals surface area contributed by atoms with Crippen molar-refractivity contribution in [2.75, 3.05) is 18.8 Å². The molecule has 2 aliphatic rings. The van der Waals surface area contributed by atoms with Crippen molar-refractivity contribution < 1.29 is 13.9 Å². The number of nitrogen functional groups attached to an aromatic ring is 1. The van der Waals surface area contributed by atoms with Crippen LogP contribution in [-0.4, -0.2) is 35.6 Å². The summed E-state index contributed by atoms with van der Waals surface area (Å²) in [6.45, 7) is 7.38. The summed E-state index contributed by atoms with van der Waals surface area (Å²) in [6.07, 6.45) is 1.71. The maximum Gasteiger partial charge on any atom is 0.309 e. The first kappa shape index (κ1) is 16.2. The van der Waals surface area contributed by atoms with E-state index in [1.165, 1.54) is 6.07 Å². The van der Waals surface area contributed by atoms with Gasteiger partial charge in [0.25, 0.3) is 0 Å². The smallest absolute Gasteiger partial charge is 0.309 e. The Morgan fingerprint density at radius 2 is 1.96 bits per heavy atom. The topological polar surface area (TPSA) is 55.6 Å². The third-order valence-electron chi connectivity index (χ3n) is 4.74. The van der Waals surface area contributed by atoms with Crippen molar-refractivity contribution in [3.8, 4) is 0 Å². The van der Waals surface area contributed by atoms with Gasteiger partial charge in [-0.1, -0.05) is 6.07 Å². The van der Waals surface area contributed by atoms with Crippen molar-refractivity contribution in [1.29, 1.82) is 0 Å². The minimum Gasteiger partial charge on any atom is -0.460 e. The fourth-order valence-electron chi connectivity index (χ4n) is 3.35. The average Bonchev–Trinajstić information content (AvgIpc) is 2.29. The minimum absolute atomic E-state index is 0.0199. The zero-order valence-electron chi connectivity index (χ0n) is 14.0. The van der Waals surface area contributed by atoms with E-state index in [1.54, 1.807) is 12.1 Å². The van der Waals surface area contributed by atoms with Crippen molar-refractivity contribution in [2.24, 2.45) is 5.92 Å². The first-order chi connectivity index (χ1) is 10.7. The van der Waals surface area contributed by atoms with Gasteiger partial charge in [-0.25, -0.2) is 4.39 Å². The van der Waals surface area contributed by atoms with Crippen LogP contribution in [0.25, 0.3) is 0 Å². The molecule has 3 rings (SSSR count). The monoisotopic (exact) mass is 320 g/mol. The number of hydrogen-bond acceptors (Lipinski definition) is 4. The number of nitrogens with zero attached hydrogens (tertiary/aromatic N) is 1. The van der Waals surface area contributed by atoms with E-state index in [4.69, 9.17) is 10.5 Å². The summed E-state index contributed by atoms with van der Waals surface area (Å²) in [6, 6.07) is 5.36. The molecule has 0 amide bonds. The molecule has 0 atom stereocenters. The molecule has 1 aliphatic carbocycles. The van der Waals surface area contributed by atoms with Crippen molar-refractivity contribution in [3.63, 3.8) is 0 Å². The van der Waals surface area contributed by atoms with Crippen LogP contribution in [0.1, 0.15) is 45.1 Å². The van der Waals surface area contributed by atoms with Crippen LogP contribution in [0.4, 0.5) is 10.1 Å². The first-order valence-corrected chi connectivity index (χ1v) is 8.25. The number of hydrogen-bond donors (Lipinski definition) is 1. The van der Waals surface area contributed by atoms with E-state index in [-0.39, 0.29) is 23.6 Å². The summed E-state index contributed by atoms with van der Waals surface area (Å²) >= 11 is 0. The molecule has 1 heterocycles. The molecule has 0 radical (unpaired) electrons. The van der Waals surface area contributed by atoms with Crippen LogP contribution in [0, 0.1) is 11.7 Å². The number of benzene rings is 1. The number of anilines is 1. The SMILES string of the molecule is CC(C)(C)OC(=O)[C@H]1C[C@@H](N2CC(c3ccc(N)cc3F)C2)C1. The lowest BCUT2D eigenvalue weighted by molar-refractivity contribution is -0.166.